The predicted octanol–water partition coefficient (Wildman–Crippen LogP) is 0.774. The predicted molar refractivity (Wildman–Crippen MR) is 61.9 cm³/mol. The van der Waals surface area contributed by atoms with E-state index >= 15 is 0 Å². The maximum Gasteiger partial charge on any atom is 0.285 e. The zero-order valence-corrected chi connectivity index (χ0v) is 9.57. The summed E-state index contributed by atoms with van der Waals surface area (Å²) in [5.41, 5.74) is 0.227. The minimum Gasteiger partial charge on any atom is -0.395 e. The van der Waals surface area contributed by atoms with E-state index in [4.69, 9.17) is 16.7 Å². The monoisotopic (exact) mass is 243 g/mol. The summed E-state index contributed by atoms with van der Waals surface area (Å²) >= 11 is 5.94. The molecule has 1 heterocycles. The summed E-state index contributed by atoms with van der Waals surface area (Å²) < 4.78 is 0. The molecule has 1 saturated carbocycles. The molecule has 1 fully saturated rings. The van der Waals surface area contributed by atoms with E-state index in [1.807, 2.05) is 4.90 Å². The summed E-state index contributed by atoms with van der Waals surface area (Å²) in [5, 5.41) is 15.2. The quantitative estimate of drug-likeness (QED) is 0.820. The molecule has 5 nitrogen and oxygen atoms in total. The van der Waals surface area contributed by atoms with Crippen LogP contribution in [0.4, 0.5) is 5.69 Å². The first-order valence-corrected chi connectivity index (χ1v) is 5.72. The van der Waals surface area contributed by atoms with Gasteiger partial charge in [0.05, 0.1) is 18.5 Å². The van der Waals surface area contributed by atoms with Crippen LogP contribution in [0.2, 0.25) is 5.02 Å². The van der Waals surface area contributed by atoms with E-state index in [1.165, 1.54) is 12.6 Å². The zero-order valence-electron chi connectivity index (χ0n) is 8.82. The third kappa shape index (κ3) is 2.05. The molecule has 0 aromatic carbocycles. The number of aliphatic hydroxyl groups excluding tert-OH is 1. The van der Waals surface area contributed by atoms with Gasteiger partial charge >= 0.3 is 0 Å². The van der Waals surface area contributed by atoms with Crippen LogP contribution in [-0.2, 0) is 0 Å². The molecule has 2 N–H and O–H groups in total. The topological polar surface area (TPSA) is 69.2 Å². The maximum atomic E-state index is 11.3. The Labute approximate surface area is 98.0 Å². The van der Waals surface area contributed by atoms with Gasteiger partial charge in [-0.2, -0.15) is 5.10 Å². The van der Waals surface area contributed by atoms with E-state index in [1.54, 1.807) is 0 Å². The Morgan fingerprint density at radius 2 is 2.38 bits per heavy atom. The molecule has 0 radical (unpaired) electrons. The van der Waals surface area contributed by atoms with Crippen molar-refractivity contribution >= 4 is 17.3 Å². The van der Waals surface area contributed by atoms with Crippen molar-refractivity contribution in [1.29, 1.82) is 0 Å². The van der Waals surface area contributed by atoms with Gasteiger partial charge in [-0.05, 0) is 19.3 Å². The van der Waals surface area contributed by atoms with Crippen molar-refractivity contribution in [1.82, 2.24) is 10.2 Å². The van der Waals surface area contributed by atoms with Crippen molar-refractivity contribution in [3.05, 3.63) is 21.6 Å². The van der Waals surface area contributed by atoms with Gasteiger partial charge in [0.1, 0.15) is 5.02 Å². The summed E-state index contributed by atoms with van der Waals surface area (Å²) in [5.74, 6) is 0. The fourth-order valence-electron chi connectivity index (χ4n) is 1.88. The number of nitrogens with zero attached hydrogens (tertiary/aromatic N) is 2. The summed E-state index contributed by atoms with van der Waals surface area (Å²) in [6, 6.07) is 0.369. The smallest absolute Gasteiger partial charge is 0.285 e. The van der Waals surface area contributed by atoms with Crippen LogP contribution < -0.4 is 10.5 Å². The molecule has 6 heteroatoms. The number of H-pyrrole nitrogens is 1. The van der Waals surface area contributed by atoms with Gasteiger partial charge in [-0.25, -0.2) is 5.10 Å². The average molecular weight is 244 g/mol. The number of halogens is 1. The lowest BCUT2D eigenvalue weighted by Gasteiger charge is -2.38. The SMILES string of the molecule is O=c1[nH]ncc(N(CCO)C2CCC2)c1Cl. The number of rotatable bonds is 4. The highest BCUT2D eigenvalue weighted by Crippen LogP contribution is 2.31. The first-order chi connectivity index (χ1) is 7.74. The molecule has 2 rings (SSSR count). The lowest BCUT2D eigenvalue weighted by Crippen LogP contribution is -2.42. The summed E-state index contributed by atoms with van der Waals surface area (Å²) in [6.07, 6.45) is 4.87. The molecule has 1 aromatic rings. The van der Waals surface area contributed by atoms with Gasteiger partial charge < -0.3 is 10.0 Å². The van der Waals surface area contributed by atoms with Crippen molar-refractivity contribution in [2.24, 2.45) is 0 Å². The van der Waals surface area contributed by atoms with Crippen LogP contribution in [0.5, 0.6) is 0 Å². The molecule has 0 aliphatic heterocycles. The fraction of sp³-hybridized carbons (Fsp3) is 0.600. The van der Waals surface area contributed by atoms with E-state index in [2.05, 4.69) is 10.2 Å². The maximum absolute atomic E-state index is 11.3. The zero-order chi connectivity index (χ0) is 11.5. The first kappa shape index (κ1) is 11.4. The minimum atomic E-state index is -0.388. The van der Waals surface area contributed by atoms with Crippen molar-refractivity contribution in [3.8, 4) is 0 Å². The lowest BCUT2D eigenvalue weighted by molar-refractivity contribution is 0.283. The van der Waals surface area contributed by atoms with Crippen molar-refractivity contribution in [2.45, 2.75) is 25.3 Å². The first-order valence-electron chi connectivity index (χ1n) is 5.34. The van der Waals surface area contributed by atoms with Gasteiger partial charge in [0, 0.05) is 12.6 Å². The van der Waals surface area contributed by atoms with E-state index in [0.717, 1.165) is 12.8 Å². The number of anilines is 1. The number of hydrogen-bond donors (Lipinski definition) is 2. The highest BCUT2D eigenvalue weighted by atomic mass is 35.5. The van der Waals surface area contributed by atoms with Gasteiger partial charge in [-0.1, -0.05) is 11.6 Å². The summed E-state index contributed by atoms with van der Waals surface area (Å²) in [6.45, 7) is 0.523. The Kier molecular flexibility index (Phi) is 3.46. The van der Waals surface area contributed by atoms with Crippen molar-refractivity contribution in [3.63, 3.8) is 0 Å². The highest BCUT2D eigenvalue weighted by Gasteiger charge is 2.26. The number of nitrogens with one attached hydrogen (secondary N) is 1. The third-order valence-corrected chi connectivity index (χ3v) is 3.31. The van der Waals surface area contributed by atoms with Crippen molar-refractivity contribution in [2.75, 3.05) is 18.1 Å². The summed E-state index contributed by atoms with van der Waals surface area (Å²) in [4.78, 5) is 13.3. The van der Waals surface area contributed by atoms with E-state index in [9.17, 15) is 4.79 Å². The van der Waals surface area contributed by atoms with Crippen molar-refractivity contribution < 1.29 is 5.11 Å². The van der Waals surface area contributed by atoms with Gasteiger partial charge in [0.15, 0.2) is 0 Å². The van der Waals surface area contributed by atoms with Crippen LogP contribution in [0.25, 0.3) is 0 Å². The van der Waals surface area contributed by atoms with Crippen LogP contribution in [0.3, 0.4) is 0 Å². The third-order valence-electron chi connectivity index (χ3n) is 2.94. The molecule has 0 atom stereocenters. The average Bonchev–Trinajstić information content (AvgIpc) is 2.19. The molecule has 88 valence electrons. The Bertz CT molecular complexity index is 417. The second-order valence-electron chi connectivity index (χ2n) is 3.90. The van der Waals surface area contributed by atoms with Gasteiger partial charge in [-0.3, -0.25) is 4.79 Å². The van der Waals surface area contributed by atoms with E-state index in [0.29, 0.717) is 18.3 Å². The normalized spacial score (nSPS) is 15.9. The number of aromatic nitrogens is 2. The Hall–Kier alpha value is -1.07. The Morgan fingerprint density at radius 3 is 2.94 bits per heavy atom. The highest BCUT2D eigenvalue weighted by molar-refractivity contribution is 6.33. The van der Waals surface area contributed by atoms with Crippen LogP contribution in [0.15, 0.2) is 11.0 Å². The second kappa shape index (κ2) is 4.84. The summed E-state index contributed by atoms with van der Waals surface area (Å²) in [7, 11) is 0. The van der Waals surface area contributed by atoms with Gasteiger partial charge in [-0.15, -0.1) is 0 Å². The molecule has 0 unspecified atom stereocenters. The number of hydrogen-bond acceptors (Lipinski definition) is 4. The van der Waals surface area contributed by atoms with Gasteiger partial charge in [0.2, 0.25) is 0 Å². The Balaban J connectivity index is 2.30. The minimum absolute atomic E-state index is 0.0413. The molecule has 0 spiro atoms. The number of aromatic amines is 1. The van der Waals surface area contributed by atoms with Crippen LogP contribution >= 0.6 is 11.6 Å². The van der Waals surface area contributed by atoms with Crippen LogP contribution in [0.1, 0.15) is 19.3 Å². The van der Waals surface area contributed by atoms with Crippen LogP contribution in [0, 0.1) is 0 Å². The number of aliphatic hydroxyl groups is 1. The lowest BCUT2D eigenvalue weighted by atomic mass is 9.91. The van der Waals surface area contributed by atoms with E-state index < -0.39 is 0 Å². The molecular weight excluding hydrogens is 230 g/mol. The molecular formula is C10H14ClN3O2. The molecule has 0 bridgehead atoms. The van der Waals surface area contributed by atoms with Crippen LogP contribution in [-0.4, -0.2) is 34.5 Å². The molecule has 0 saturated heterocycles. The largest absolute Gasteiger partial charge is 0.395 e. The second-order valence-corrected chi connectivity index (χ2v) is 4.28. The molecule has 1 aliphatic rings. The molecule has 1 aliphatic carbocycles. The Morgan fingerprint density at radius 1 is 1.62 bits per heavy atom. The molecule has 16 heavy (non-hydrogen) atoms. The van der Waals surface area contributed by atoms with E-state index in [-0.39, 0.29) is 17.2 Å². The fourth-order valence-corrected chi connectivity index (χ4v) is 2.08. The van der Waals surface area contributed by atoms with Gasteiger partial charge in [0.25, 0.3) is 5.56 Å². The molecule has 1 aromatic heterocycles. The molecule has 0 amide bonds. The standard InChI is InChI=1S/C10H14ClN3O2/c11-9-8(6-12-13-10(9)16)14(4-5-15)7-2-1-3-7/h6-7,15H,1-5H2,(H,13,16).